The van der Waals surface area contributed by atoms with Crippen LogP contribution in [0.3, 0.4) is 0 Å². The zero-order chi connectivity index (χ0) is 21.4. The van der Waals surface area contributed by atoms with E-state index in [9.17, 15) is 9.59 Å². The highest BCUT2D eigenvalue weighted by atomic mass is 32.1. The summed E-state index contributed by atoms with van der Waals surface area (Å²) in [6, 6.07) is 13.7. The molecule has 4 rings (SSSR count). The molecule has 0 spiro atoms. The lowest BCUT2D eigenvalue weighted by Crippen LogP contribution is -2.53. The number of amides is 2. The summed E-state index contributed by atoms with van der Waals surface area (Å²) in [5.74, 6) is -0.361. The van der Waals surface area contributed by atoms with E-state index in [-0.39, 0.29) is 17.2 Å². The minimum atomic E-state index is -0.499. The van der Waals surface area contributed by atoms with E-state index < -0.39 is 11.8 Å². The zero-order valence-corrected chi connectivity index (χ0v) is 17.7. The van der Waals surface area contributed by atoms with Gasteiger partial charge in [0.15, 0.2) is 5.11 Å². The predicted octanol–water partition coefficient (Wildman–Crippen LogP) is 3.82. The molecule has 6 nitrogen and oxygen atoms in total. The van der Waals surface area contributed by atoms with Crippen molar-refractivity contribution in [3.63, 3.8) is 0 Å². The first kappa shape index (κ1) is 19.8. The quantitative estimate of drug-likeness (QED) is 0.397. The van der Waals surface area contributed by atoms with Crippen molar-refractivity contribution in [2.24, 2.45) is 0 Å². The molecular formula is C23H21N3O3S. The molecule has 3 aromatic rings. The molecule has 1 aromatic carbocycles. The number of thiocarbonyl (C=S) groups is 1. The van der Waals surface area contributed by atoms with Crippen molar-refractivity contribution < 1.29 is 14.0 Å². The van der Waals surface area contributed by atoms with Gasteiger partial charge >= 0.3 is 0 Å². The number of aromatic nitrogens is 1. The SMILES string of the molecule is Cc1ccc(-n2c(C)cc(/C=C3/C(=O)NC(=S)N(Cc4ccco4)C3=O)c2C)cc1. The Kier molecular flexibility index (Phi) is 5.13. The Morgan fingerprint density at radius 1 is 1.10 bits per heavy atom. The van der Waals surface area contributed by atoms with Crippen molar-refractivity contribution in [1.29, 1.82) is 0 Å². The molecule has 1 aliphatic rings. The number of carbonyl (C=O) groups is 2. The average Bonchev–Trinajstić information content (AvgIpc) is 3.31. The van der Waals surface area contributed by atoms with Crippen LogP contribution >= 0.6 is 12.2 Å². The normalized spacial score (nSPS) is 15.8. The van der Waals surface area contributed by atoms with E-state index in [2.05, 4.69) is 22.0 Å². The van der Waals surface area contributed by atoms with Crippen molar-refractivity contribution in [2.45, 2.75) is 27.3 Å². The van der Waals surface area contributed by atoms with Gasteiger partial charge in [0.1, 0.15) is 11.3 Å². The molecule has 2 amide bonds. The van der Waals surface area contributed by atoms with E-state index in [1.807, 2.05) is 39.0 Å². The summed E-state index contributed by atoms with van der Waals surface area (Å²) < 4.78 is 7.42. The third kappa shape index (κ3) is 3.59. The molecule has 1 aliphatic heterocycles. The average molecular weight is 420 g/mol. The fraction of sp³-hybridized carbons (Fsp3) is 0.174. The molecule has 0 unspecified atom stereocenters. The number of aryl methyl sites for hydroxylation is 2. The maximum Gasteiger partial charge on any atom is 0.266 e. The Hall–Kier alpha value is -3.45. The van der Waals surface area contributed by atoms with Crippen LogP contribution in [-0.4, -0.2) is 26.4 Å². The highest BCUT2D eigenvalue weighted by molar-refractivity contribution is 7.80. The highest BCUT2D eigenvalue weighted by Crippen LogP contribution is 2.25. The van der Waals surface area contributed by atoms with Gasteiger partial charge in [0.2, 0.25) is 0 Å². The van der Waals surface area contributed by atoms with Crippen molar-refractivity contribution in [3.05, 3.63) is 82.6 Å². The number of hydrogen-bond donors (Lipinski definition) is 1. The van der Waals surface area contributed by atoms with Gasteiger partial charge < -0.3 is 8.98 Å². The Bertz CT molecular complexity index is 1170. The summed E-state index contributed by atoms with van der Waals surface area (Å²) in [6.07, 6.45) is 3.16. The summed E-state index contributed by atoms with van der Waals surface area (Å²) in [6.45, 7) is 6.16. The Labute approximate surface area is 179 Å². The molecule has 7 heteroatoms. The fourth-order valence-corrected chi connectivity index (χ4v) is 3.82. The van der Waals surface area contributed by atoms with Gasteiger partial charge in [-0.1, -0.05) is 17.7 Å². The monoisotopic (exact) mass is 419 g/mol. The maximum atomic E-state index is 13.0. The molecule has 0 aliphatic carbocycles. The number of furan rings is 1. The molecular weight excluding hydrogens is 398 g/mol. The highest BCUT2D eigenvalue weighted by Gasteiger charge is 2.34. The number of rotatable bonds is 4. The van der Waals surface area contributed by atoms with Gasteiger partial charge in [-0.25, -0.2) is 0 Å². The molecule has 0 radical (unpaired) electrons. The molecule has 0 atom stereocenters. The van der Waals surface area contributed by atoms with Crippen LogP contribution in [0.4, 0.5) is 0 Å². The smallest absolute Gasteiger partial charge is 0.266 e. The number of nitrogens with one attached hydrogen (secondary N) is 1. The van der Waals surface area contributed by atoms with Crippen molar-refractivity contribution in [1.82, 2.24) is 14.8 Å². The second-order valence-corrected chi connectivity index (χ2v) is 7.67. The lowest BCUT2D eigenvalue weighted by atomic mass is 10.1. The summed E-state index contributed by atoms with van der Waals surface area (Å²) in [5.41, 5.74) is 5.00. The summed E-state index contributed by atoms with van der Waals surface area (Å²) in [7, 11) is 0. The first-order valence-corrected chi connectivity index (χ1v) is 9.93. The van der Waals surface area contributed by atoms with Crippen LogP contribution in [0.5, 0.6) is 0 Å². The van der Waals surface area contributed by atoms with Crippen molar-refractivity contribution >= 4 is 35.2 Å². The van der Waals surface area contributed by atoms with Gasteiger partial charge in [-0.15, -0.1) is 0 Å². The molecule has 2 aromatic heterocycles. The van der Waals surface area contributed by atoms with E-state index in [1.54, 1.807) is 18.2 Å². The second kappa shape index (κ2) is 7.76. The lowest BCUT2D eigenvalue weighted by molar-refractivity contribution is -0.129. The third-order valence-corrected chi connectivity index (χ3v) is 5.46. The van der Waals surface area contributed by atoms with E-state index in [4.69, 9.17) is 16.6 Å². The minimum Gasteiger partial charge on any atom is -0.467 e. The first-order chi connectivity index (χ1) is 14.3. The van der Waals surface area contributed by atoms with E-state index in [0.29, 0.717) is 5.76 Å². The second-order valence-electron chi connectivity index (χ2n) is 7.29. The van der Waals surface area contributed by atoms with Crippen LogP contribution in [0.1, 0.15) is 28.3 Å². The van der Waals surface area contributed by atoms with Gasteiger partial charge in [-0.2, -0.15) is 0 Å². The van der Waals surface area contributed by atoms with Crippen molar-refractivity contribution in [2.75, 3.05) is 0 Å². The van der Waals surface area contributed by atoms with Crippen LogP contribution < -0.4 is 5.32 Å². The largest absolute Gasteiger partial charge is 0.467 e. The Balaban J connectivity index is 1.70. The van der Waals surface area contributed by atoms with Crippen LogP contribution in [-0.2, 0) is 16.1 Å². The van der Waals surface area contributed by atoms with Crippen molar-refractivity contribution in [3.8, 4) is 5.69 Å². The molecule has 3 heterocycles. The van der Waals surface area contributed by atoms with Crippen LogP contribution in [0.2, 0.25) is 0 Å². The topological polar surface area (TPSA) is 67.5 Å². The Morgan fingerprint density at radius 3 is 2.50 bits per heavy atom. The van der Waals surface area contributed by atoms with Gasteiger partial charge in [0.05, 0.1) is 12.8 Å². The van der Waals surface area contributed by atoms with Gasteiger partial charge in [0.25, 0.3) is 11.8 Å². The first-order valence-electron chi connectivity index (χ1n) is 9.52. The molecule has 30 heavy (non-hydrogen) atoms. The summed E-state index contributed by atoms with van der Waals surface area (Å²) in [4.78, 5) is 26.9. The third-order valence-electron chi connectivity index (χ3n) is 5.14. The van der Waals surface area contributed by atoms with E-state index in [0.717, 1.165) is 22.6 Å². The number of benzene rings is 1. The number of hydrogen-bond acceptors (Lipinski definition) is 4. The lowest BCUT2D eigenvalue weighted by Gasteiger charge is -2.28. The summed E-state index contributed by atoms with van der Waals surface area (Å²) in [5, 5.41) is 2.68. The van der Waals surface area contributed by atoms with E-state index >= 15 is 0 Å². The van der Waals surface area contributed by atoms with Gasteiger partial charge in [0, 0.05) is 17.1 Å². The zero-order valence-electron chi connectivity index (χ0n) is 16.9. The molecule has 152 valence electrons. The minimum absolute atomic E-state index is 0.0410. The van der Waals surface area contributed by atoms with Crippen LogP contribution in [0.25, 0.3) is 11.8 Å². The number of carbonyl (C=O) groups excluding carboxylic acids is 2. The number of nitrogens with zero attached hydrogens (tertiary/aromatic N) is 2. The van der Waals surface area contributed by atoms with E-state index in [1.165, 1.54) is 16.7 Å². The standard InChI is InChI=1S/C23H21N3O3S/c1-14-6-8-18(9-7-14)26-15(2)11-17(16(26)3)12-20-21(27)24-23(30)25(22(20)28)13-19-5-4-10-29-19/h4-12H,13H2,1-3H3,(H,24,27,30)/b20-12-. The molecule has 1 saturated heterocycles. The van der Waals surface area contributed by atoms with Gasteiger partial charge in [-0.05, 0) is 75.0 Å². The fourth-order valence-electron chi connectivity index (χ4n) is 3.58. The molecule has 0 bridgehead atoms. The van der Waals surface area contributed by atoms with Crippen LogP contribution in [0.15, 0.2) is 58.7 Å². The molecule has 1 fully saturated rings. The Morgan fingerprint density at radius 2 is 1.83 bits per heavy atom. The molecule has 1 N–H and O–H groups in total. The van der Waals surface area contributed by atoms with Gasteiger partial charge in [-0.3, -0.25) is 19.8 Å². The predicted molar refractivity (Wildman–Crippen MR) is 118 cm³/mol. The molecule has 0 saturated carbocycles. The van der Waals surface area contributed by atoms with Crippen LogP contribution in [0, 0.1) is 20.8 Å². The summed E-state index contributed by atoms with van der Waals surface area (Å²) >= 11 is 5.20. The maximum absolute atomic E-state index is 13.0.